The molecule has 1 aromatic heterocycles. The van der Waals surface area contributed by atoms with Crippen LogP contribution in [0.4, 0.5) is 0 Å². The first kappa shape index (κ1) is 15.8. The van der Waals surface area contributed by atoms with Gasteiger partial charge in [-0.3, -0.25) is 9.67 Å². The van der Waals surface area contributed by atoms with E-state index in [1.807, 2.05) is 38.1 Å². The lowest BCUT2D eigenvalue weighted by atomic mass is 10.4. The largest absolute Gasteiger partial charge is 0.379 e. The number of nitrogens with zero attached hydrogens (tertiary/aromatic N) is 4. The fourth-order valence-electron chi connectivity index (χ4n) is 2.10. The summed E-state index contributed by atoms with van der Waals surface area (Å²) in [5.74, 6) is 1.72. The van der Waals surface area contributed by atoms with Crippen molar-refractivity contribution in [2.45, 2.75) is 26.3 Å². The topological polar surface area (TPSA) is 54.7 Å². The summed E-state index contributed by atoms with van der Waals surface area (Å²) in [7, 11) is 3.84. The van der Waals surface area contributed by atoms with E-state index in [-0.39, 0.29) is 0 Å². The number of nitrogens with one attached hydrogen (secondary N) is 1. The maximum absolute atomic E-state index is 5.66. The predicted molar refractivity (Wildman–Crippen MR) is 84.5 cm³/mol. The lowest BCUT2D eigenvalue weighted by Crippen LogP contribution is -2.41. The molecule has 1 aromatic rings. The molecule has 1 heterocycles. The van der Waals surface area contributed by atoms with E-state index >= 15 is 0 Å². The zero-order chi connectivity index (χ0) is 15.1. The molecule has 0 spiro atoms. The first-order valence-corrected chi connectivity index (χ1v) is 7.67. The molecule has 0 aromatic carbocycles. The minimum atomic E-state index is 0.756. The summed E-state index contributed by atoms with van der Waals surface area (Å²) in [6.07, 6.45) is 6.59. The van der Waals surface area contributed by atoms with Crippen molar-refractivity contribution < 1.29 is 4.74 Å². The van der Waals surface area contributed by atoms with Crippen LogP contribution in [0.3, 0.4) is 0 Å². The van der Waals surface area contributed by atoms with E-state index in [9.17, 15) is 0 Å². The average molecular weight is 293 g/mol. The molecule has 2 rings (SSSR count). The maximum atomic E-state index is 5.66. The van der Waals surface area contributed by atoms with Gasteiger partial charge in [-0.05, 0) is 31.2 Å². The molecule has 6 nitrogen and oxygen atoms in total. The van der Waals surface area contributed by atoms with Crippen molar-refractivity contribution in [3.05, 3.63) is 18.0 Å². The maximum Gasteiger partial charge on any atom is 0.193 e. The summed E-state index contributed by atoms with van der Waals surface area (Å²) >= 11 is 0. The van der Waals surface area contributed by atoms with E-state index in [1.165, 1.54) is 18.4 Å². The zero-order valence-electron chi connectivity index (χ0n) is 13.4. The SMILES string of the molecule is CN=C(NCCn1cc(C)cn1)N(C)CCOCC1CC1. The highest BCUT2D eigenvalue weighted by molar-refractivity contribution is 5.79. The Labute approximate surface area is 127 Å². The van der Waals surface area contributed by atoms with Crippen LogP contribution in [0.15, 0.2) is 17.4 Å². The standard InChI is InChI=1S/C15H27N5O/c1-13-10-18-20(11-13)7-6-17-15(16-2)19(3)8-9-21-12-14-4-5-14/h10-11,14H,4-9,12H2,1-3H3,(H,16,17). The number of guanidine groups is 1. The van der Waals surface area contributed by atoms with Crippen LogP contribution in [0.2, 0.25) is 0 Å². The number of aliphatic imine (C=N–C) groups is 1. The summed E-state index contributed by atoms with van der Waals surface area (Å²) < 4.78 is 7.60. The fraction of sp³-hybridized carbons (Fsp3) is 0.733. The molecule has 1 N–H and O–H groups in total. The van der Waals surface area contributed by atoms with E-state index in [0.717, 1.165) is 44.7 Å². The molecule has 0 unspecified atom stereocenters. The highest BCUT2D eigenvalue weighted by Crippen LogP contribution is 2.28. The van der Waals surface area contributed by atoms with E-state index in [2.05, 4.69) is 20.3 Å². The highest BCUT2D eigenvalue weighted by atomic mass is 16.5. The third kappa shape index (κ3) is 5.75. The number of ether oxygens (including phenoxy) is 1. The first-order valence-electron chi connectivity index (χ1n) is 7.67. The summed E-state index contributed by atoms with van der Waals surface area (Å²) in [4.78, 5) is 6.40. The van der Waals surface area contributed by atoms with Crippen LogP contribution >= 0.6 is 0 Å². The summed E-state index contributed by atoms with van der Waals surface area (Å²) in [6.45, 7) is 6.21. The van der Waals surface area contributed by atoms with Crippen LogP contribution < -0.4 is 5.32 Å². The van der Waals surface area contributed by atoms with Gasteiger partial charge in [0.05, 0.1) is 19.3 Å². The minimum absolute atomic E-state index is 0.756. The molecule has 0 amide bonds. The molecular weight excluding hydrogens is 266 g/mol. The monoisotopic (exact) mass is 293 g/mol. The molecule has 0 saturated heterocycles. The Morgan fingerprint density at radius 1 is 1.57 bits per heavy atom. The number of hydrogen-bond donors (Lipinski definition) is 1. The molecule has 0 atom stereocenters. The van der Waals surface area contributed by atoms with Crippen LogP contribution in [0.1, 0.15) is 18.4 Å². The Hall–Kier alpha value is -1.56. The van der Waals surface area contributed by atoms with Crippen LogP contribution in [-0.4, -0.2) is 61.0 Å². The van der Waals surface area contributed by atoms with E-state index in [4.69, 9.17) is 4.74 Å². The quantitative estimate of drug-likeness (QED) is 0.443. The molecule has 1 aliphatic rings. The van der Waals surface area contributed by atoms with Gasteiger partial charge in [0.1, 0.15) is 0 Å². The first-order chi connectivity index (χ1) is 10.2. The zero-order valence-corrected chi connectivity index (χ0v) is 13.4. The Kier molecular flexibility index (Phi) is 6.04. The van der Waals surface area contributed by atoms with Crippen molar-refractivity contribution in [1.29, 1.82) is 0 Å². The number of rotatable bonds is 8. The molecule has 118 valence electrons. The Morgan fingerprint density at radius 2 is 2.38 bits per heavy atom. The van der Waals surface area contributed by atoms with Gasteiger partial charge in [0.15, 0.2) is 5.96 Å². The van der Waals surface area contributed by atoms with Gasteiger partial charge in [-0.2, -0.15) is 5.10 Å². The van der Waals surface area contributed by atoms with E-state index in [0.29, 0.717) is 0 Å². The predicted octanol–water partition coefficient (Wildman–Crippen LogP) is 1.13. The number of likely N-dealkylation sites (N-methyl/N-ethyl adjacent to an activating group) is 1. The third-order valence-electron chi connectivity index (χ3n) is 3.58. The van der Waals surface area contributed by atoms with Crippen molar-refractivity contribution in [2.24, 2.45) is 10.9 Å². The van der Waals surface area contributed by atoms with Crippen LogP contribution in [0.5, 0.6) is 0 Å². The minimum Gasteiger partial charge on any atom is -0.379 e. The van der Waals surface area contributed by atoms with Gasteiger partial charge < -0.3 is 15.0 Å². The Bertz CT molecular complexity index is 453. The smallest absolute Gasteiger partial charge is 0.193 e. The second-order valence-corrected chi connectivity index (χ2v) is 5.69. The molecule has 1 fully saturated rings. The molecule has 0 bridgehead atoms. The Balaban J connectivity index is 1.61. The van der Waals surface area contributed by atoms with E-state index in [1.54, 1.807) is 0 Å². The van der Waals surface area contributed by atoms with Gasteiger partial charge in [-0.25, -0.2) is 0 Å². The van der Waals surface area contributed by atoms with Gasteiger partial charge in [-0.15, -0.1) is 0 Å². The van der Waals surface area contributed by atoms with Gasteiger partial charge in [0.2, 0.25) is 0 Å². The van der Waals surface area contributed by atoms with Crippen molar-refractivity contribution >= 4 is 5.96 Å². The molecule has 6 heteroatoms. The summed E-state index contributed by atoms with van der Waals surface area (Å²) in [6, 6.07) is 0. The van der Waals surface area contributed by atoms with Crippen molar-refractivity contribution in [3.8, 4) is 0 Å². The lowest BCUT2D eigenvalue weighted by Gasteiger charge is -2.22. The molecule has 21 heavy (non-hydrogen) atoms. The normalized spacial score (nSPS) is 15.3. The van der Waals surface area contributed by atoms with E-state index < -0.39 is 0 Å². The van der Waals surface area contributed by atoms with Gasteiger partial charge in [0.25, 0.3) is 0 Å². The van der Waals surface area contributed by atoms with Gasteiger partial charge in [0, 0.05) is 40.0 Å². The average Bonchev–Trinajstić information content (AvgIpc) is 3.21. The van der Waals surface area contributed by atoms with Crippen molar-refractivity contribution in [1.82, 2.24) is 20.0 Å². The molecule has 0 aliphatic heterocycles. The van der Waals surface area contributed by atoms with Gasteiger partial charge in [-0.1, -0.05) is 0 Å². The highest BCUT2D eigenvalue weighted by Gasteiger charge is 2.21. The van der Waals surface area contributed by atoms with Crippen LogP contribution in [-0.2, 0) is 11.3 Å². The van der Waals surface area contributed by atoms with Crippen LogP contribution in [0.25, 0.3) is 0 Å². The van der Waals surface area contributed by atoms with Gasteiger partial charge >= 0.3 is 0 Å². The van der Waals surface area contributed by atoms with Crippen molar-refractivity contribution in [2.75, 3.05) is 40.4 Å². The number of aryl methyl sites for hydroxylation is 1. The second-order valence-electron chi connectivity index (χ2n) is 5.69. The summed E-state index contributed by atoms with van der Waals surface area (Å²) in [5, 5.41) is 7.62. The number of aromatic nitrogens is 2. The molecular formula is C15H27N5O. The van der Waals surface area contributed by atoms with Crippen LogP contribution in [0, 0.1) is 12.8 Å². The molecule has 1 aliphatic carbocycles. The second kappa shape index (κ2) is 8.02. The Morgan fingerprint density at radius 3 is 3.00 bits per heavy atom. The fourth-order valence-corrected chi connectivity index (χ4v) is 2.10. The summed E-state index contributed by atoms with van der Waals surface area (Å²) in [5.41, 5.74) is 1.18. The lowest BCUT2D eigenvalue weighted by molar-refractivity contribution is 0.115. The van der Waals surface area contributed by atoms with Crippen molar-refractivity contribution in [3.63, 3.8) is 0 Å². The third-order valence-corrected chi connectivity index (χ3v) is 3.58. The molecule has 0 radical (unpaired) electrons. The molecule has 1 saturated carbocycles. The number of hydrogen-bond acceptors (Lipinski definition) is 3.